The van der Waals surface area contributed by atoms with Gasteiger partial charge in [0.1, 0.15) is 0 Å². The second kappa shape index (κ2) is 5.40. The fourth-order valence-electron chi connectivity index (χ4n) is 1.67. The summed E-state index contributed by atoms with van der Waals surface area (Å²) in [6.07, 6.45) is 10.7. The van der Waals surface area contributed by atoms with Gasteiger partial charge in [0, 0.05) is 5.92 Å². The van der Waals surface area contributed by atoms with Crippen LogP contribution in [-0.4, -0.2) is 6.61 Å². The van der Waals surface area contributed by atoms with Crippen molar-refractivity contribution in [2.75, 3.05) is 6.61 Å². The lowest BCUT2D eigenvalue weighted by molar-refractivity contribution is 0.245. The van der Waals surface area contributed by atoms with Crippen molar-refractivity contribution in [3.8, 4) is 0 Å². The molecule has 2 rings (SSSR count). The van der Waals surface area contributed by atoms with Crippen LogP contribution in [-0.2, 0) is 4.74 Å². The molecule has 0 bridgehead atoms. The highest BCUT2D eigenvalue weighted by Gasteiger charge is 2.07. The van der Waals surface area contributed by atoms with E-state index in [0.29, 0.717) is 5.92 Å². The molecule has 0 aliphatic carbocycles. The van der Waals surface area contributed by atoms with Gasteiger partial charge >= 0.3 is 0 Å². The van der Waals surface area contributed by atoms with Crippen LogP contribution in [0, 0.1) is 5.92 Å². The molecule has 1 aliphatic rings. The third kappa shape index (κ3) is 3.28. The molecule has 0 saturated heterocycles. The molecule has 0 fully saturated rings. The molecule has 1 atom stereocenters. The van der Waals surface area contributed by atoms with Crippen LogP contribution in [0.25, 0.3) is 6.08 Å². The second-order valence-corrected chi connectivity index (χ2v) is 3.81. The first-order chi connectivity index (χ1) is 7.45. The van der Waals surface area contributed by atoms with Gasteiger partial charge in [0.05, 0.1) is 12.9 Å². The molecule has 0 amide bonds. The van der Waals surface area contributed by atoms with Crippen molar-refractivity contribution in [1.29, 1.82) is 0 Å². The average Bonchev–Trinajstić information content (AvgIpc) is 2.79. The zero-order valence-corrected chi connectivity index (χ0v) is 8.80. The van der Waals surface area contributed by atoms with Gasteiger partial charge in [0.2, 0.25) is 0 Å². The van der Waals surface area contributed by atoms with Gasteiger partial charge in [-0.25, -0.2) is 0 Å². The van der Waals surface area contributed by atoms with Crippen molar-refractivity contribution in [3.05, 3.63) is 54.3 Å². The SMILES string of the molecule is C1=CC(CC/C=C/c2ccccc2)CO1. The highest BCUT2D eigenvalue weighted by molar-refractivity contribution is 5.48. The first-order valence-electron chi connectivity index (χ1n) is 5.45. The van der Waals surface area contributed by atoms with Crippen LogP contribution in [0.1, 0.15) is 18.4 Å². The topological polar surface area (TPSA) is 9.23 Å². The highest BCUT2D eigenvalue weighted by Crippen LogP contribution is 2.15. The van der Waals surface area contributed by atoms with E-state index in [1.54, 1.807) is 0 Å². The van der Waals surface area contributed by atoms with Gasteiger partial charge in [-0.3, -0.25) is 0 Å². The first-order valence-corrected chi connectivity index (χ1v) is 5.45. The van der Waals surface area contributed by atoms with E-state index in [1.807, 2.05) is 12.3 Å². The normalized spacial score (nSPS) is 19.6. The molecule has 1 heterocycles. The fraction of sp³-hybridized carbons (Fsp3) is 0.286. The Bertz CT molecular complexity index is 338. The Labute approximate surface area is 91.1 Å². The molecule has 1 aliphatic heterocycles. The van der Waals surface area contributed by atoms with E-state index >= 15 is 0 Å². The average molecular weight is 200 g/mol. The molecule has 1 aromatic carbocycles. The molecule has 15 heavy (non-hydrogen) atoms. The zero-order chi connectivity index (χ0) is 10.3. The number of hydrogen-bond acceptors (Lipinski definition) is 1. The van der Waals surface area contributed by atoms with Crippen molar-refractivity contribution < 1.29 is 4.74 Å². The quantitative estimate of drug-likeness (QED) is 0.721. The van der Waals surface area contributed by atoms with E-state index in [2.05, 4.69) is 42.5 Å². The Morgan fingerprint density at radius 2 is 2.13 bits per heavy atom. The molecule has 1 unspecified atom stereocenters. The monoisotopic (exact) mass is 200 g/mol. The van der Waals surface area contributed by atoms with Gasteiger partial charge < -0.3 is 4.74 Å². The van der Waals surface area contributed by atoms with E-state index in [1.165, 1.54) is 12.0 Å². The number of hydrogen-bond donors (Lipinski definition) is 0. The molecule has 0 radical (unpaired) electrons. The molecule has 1 heteroatoms. The van der Waals surface area contributed by atoms with Crippen molar-refractivity contribution in [3.63, 3.8) is 0 Å². The lowest BCUT2D eigenvalue weighted by Crippen LogP contribution is -1.97. The maximum absolute atomic E-state index is 5.17. The molecule has 1 nitrogen and oxygen atoms in total. The Morgan fingerprint density at radius 1 is 1.27 bits per heavy atom. The molecule has 0 saturated carbocycles. The van der Waals surface area contributed by atoms with Gasteiger partial charge in [-0.1, -0.05) is 42.5 Å². The highest BCUT2D eigenvalue weighted by atomic mass is 16.5. The van der Waals surface area contributed by atoms with E-state index in [4.69, 9.17) is 4.74 Å². The van der Waals surface area contributed by atoms with Gasteiger partial charge in [-0.2, -0.15) is 0 Å². The summed E-state index contributed by atoms with van der Waals surface area (Å²) in [5, 5.41) is 0. The summed E-state index contributed by atoms with van der Waals surface area (Å²) in [4.78, 5) is 0. The molecule has 0 aromatic heterocycles. The minimum absolute atomic E-state index is 0.616. The Hall–Kier alpha value is -1.50. The van der Waals surface area contributed by atoms with Crippen molar-refractivity contribution >= 4 is 6.08 Å². The van der Waals surface area contributed by atoms with Crippen molar-refractivity contribution in [2.24, 2.45) is 5.92 Å². The standard InChI is InChI=1S/C14H16O/c1-2-6-13(7-3-1)8-4-5-9-14-10-11-15-12-14/h1-4,6-8,10-11,14H,5,9,12H2/b8-4+. The van der Waals surface area contributed by atoms with Gasteiger partial charge in [-0.15, -0.1) is 0 Å². The zero-order valence-electron chi connectivity index (χ0n) is 8.80. The Morgan fingerprint density at radius 3 is 2.87 bits per heavy atom. The van der Waals surface area contributed by atoms with E-state index in [-0.39, 0.29) is 0 Å². The maximum Gasteiger partial charge on any atom is 0.0937 e. The predicted octanol–water partition coefficient (Wildman–Crippen LogP) is 3.64. The van der Waals surface area contributed by atoms with E-state index in [9.17, 15) is 0 Å². The largest absolute Gasteiger partial charge is 0.501 e. The van der Waals surface area contributed by atoms with Gasteiger partial charge in [0.25, 0.3) is 0 Å². The lowest BCUT2D eigenvalue weighted by Gasteiger charge is -2.02. The third-order valence-corrected chi connectivity index (χ3v) is 2.57. The second-order valence-electron chi connectivity index (χ2n) is 3.81. The predicted molar refractivity (Wildman–Crippen MR) is 63.3 cm³/mol. The first kappa shape index (κ1) is 10.0. The summed E-state index contributed by atoms with van der Waals surface area (Å²) in [6.45, 7) is 0.860. The molecule has 78 valence electrons. The van der Waals surface area contributed by atoms with Crippen LogP contribution < -0.4 is 0 Å². The van der Waals surface area contributed by atoms with Crippen LogP contribution >= 0.6 is 0 Å². The molecule has 1 aromatic rings. The minimum Gasteiger partial charge on any atom is -0.501 e. The van der Waals surface area contributed by atoms with E-state index in [0.717, 1.165) is 13.0 Å². The Kier molecular flexibility index (Phi) is 3.61. The van der Waals surface area contributed by atoms with Gasteiger partial charge in [0.15, 0.2) is 0 Å². The maximum atomic E-state index is 5.17. The number of allylic oxidation sites excluding steroid dienone is 1. The van der Waals surface area contributed by atoms with E-state index < -0.39 is 0 Å². The van der Waals surface area contributed by atoms with Crippen LogP contribution in [0.2, 0.25) is 0 Å². The van der Waals surface area contributed by atoms with Crippen LogP contribution in [0.15, 0.2) is 48.7 Å². The van der Waals surface area contributed by atoms with Crippen LogP contribution in [0.4, 0.5) is 0 Å². The lowest BCUT2D eigenvalue weighted by atomic mass is 10.1. The summed E-state index contributed by atoms with van der Waals surface area (Å²) in [5.74, 6) is 0.616. The van der Waals surface area contributed by atoms with Crippen LogP contribution in [0.5, 0.6) is 0 Å². The third-order valence-electron chi connectivity index (χ3n) is 2.57. The smallest absolute Gasteiger partial charge is 0.0937 e. The minimum atomic E-state index is 0.616. The Balaban J connectivity index is 1.73. The summed E-state index contributed by atoms with van der Waals surface area (Å²) in [5.41, 5.74) is 1.27. The van der Waals surface area contributed by atoms with Crippen molar-refractivity contribution in [2.45, 2.75) is 12.8 Å². The molecular formula is C14H16O. The van der Waals surface area contributed by atoms with Crippen LogP contribution in [0.3, 0.4) is 0 Å². The molecule has 0 spiro atoms. The molecular weight excluding hydrogens is 184 g/mol. The summed E-state index contributed by atoms with van der Waals surface area (Å²) < 4.78 is 5.17. The fourth-order valence-corrected chi connectivity index (χ4v) is 1.67. The van der Waals surface area contributed by atoms with Crippen molar-refractivity contribution in [1.82, 2.24) is 0 Å². The summed E-state index contributed by atoms with van der Waals surface area (Å²) in [7, 11) is 0. The number of ether oxygens (including phenoxy) is 1. The summed E-state index contributed by atoms with van der Waals surface area (Å²) in [6, 6.07) is 10.4. The van der Waals surface area contributed by atoms with Gasteiger partial charge in [-0.05, 0) is 24.5 Å². The summed E-state index contributed by atoms with van der Waals surface area (Å²) >= 11 is 0. The number of rotatable bonds is 4. The molecule has 0 N–H and O–H groups in total. The number of benzene rings is 1.